The lowest BCUT2D eigenvalue weighted by Gasteiger charge is -2.39. The number of aromatic nitrogens is 1. The van der Waals surface area contributed by atoms with Gasteiger partial charge in [-0.15, -0.1) is 0 Å². The van der Waals surface area contributed by atoms with Crippen LogP contribution in [0.4, 0.5) is 0 Å². The van der Waals surface area contributed by atoms with Crippen LogP contribution in [0.15, 0.2) is 30.5 Å². The molecule has 2 aromatic rings. The Morgan fingerprint density at radius 3 is 2.44 bits per heavy atom. The molecule has 4 rings (SSSR count). The fourth-order valence-corrected chi connectivity index (χ4v) is 4.31. The molecule has 2 aliphatic heterocycles. The summed E-state index contributed by atoms with van der Waals surface area (Å²) in [6, 6.07) is 7.75. The Morgan fingerprint density at radius 2 is 1.74 bits per heavy atom. The number of H-pyrrole nitrogens is 1. The molecule has 2 aliphatic rings. The van der Waals surface area contributed by atoms with E-state index in [1.165, 1.54) is 0 Å². The van der Waals surface area contributed by atoms with Crippen LogP contribution < -0.4 is 0 Å². The maximum absolute atomic E-state index is 12.9. The highest BCUT2D eigenvalue weighted by Gasteiger charge is 2.33. The molecule has 0 bridgehead atoms. The summed E-state index contributed by atoms with van der Waals surface area (Å²) in [4.78, 5) is 32.7. The van der Waals surface area contributed by atoms with Crippen LogP contribution in [-0.2, 0) is 9.53 Å². The topological polar surface area (TPSA) is 65.6 Å². The van der Waals surface area contributed by atoms with Crippen LogP contribution >= 0.6 is 0 Å². The van der Waals surface area contributed by atoms with Crippen molar-refractivity contribution in [3.8, 4) is 0 Å². The van der Waals surface area contributed by atoms with Crippen molar-refractivity contribution in [2.24, 2.45) is 5.92 Å². The summed E-state index contributed by atoms with van der Waals surface area (Å²) in [6.45, 7) is 6.62. The second-order valence-corrected chi connectivity index (χ2v) is 7.85. The first-order valence-electron chi connectivity index (χ1n) is 9.82. The molecular formula is C21H27N3O3. The Morgan fingerprint density at radius 1 is 1.04 bits per heavy atom. The summed E-state index contributed by atoms with van der Waals surface area (Å²) in [6.07, 6.45) is 3.51. The van der Waals surface area contributed by atoms with Crippen LogP contribution in [0.1, 0.15) is 37.0 Å². The number of aromatic amines is 1. The van der Waals surface area contributed by atoms with Gasteiger partial charge in [-0.05, 0) is 50.3 Å². The molecule has 1 N–H and O–H groups in total. The number of rotatable bonds is 2. The number of carbonyl (C=O) groups is 2. The van der Waals surface area contributed by atoms with Gasteiger partial charge in [-0.1, -0.05) is 6.07 Å². The summed E-state index contributed by atoms with van der Waals surface area (Å²) in [7, 11) is 0. The van der Waals surface area contributed by atoms with E-state index in [1.807, 2.05) is 54.1 Å². The molecule has 3 heterocycles. The third-order valence-electron chi connectivity index (χ3n) is 5.66. The summed E-state index contributed by atoms with van der Waals surface area (Å²) in [5.74, 6) is 0.278. The lowest BCUT2D eigenvalue weighted by molar-refractivity contribution is -0.148. The predicted molar refractivity (Wildman–Crippen MR) is 104 cm³/mol. The van der Waals surface area contributed by atoms with E-state index in [9.17, 15) is 9.59 Å². The van der Waals surface area contributed by atoms with Crippen molar-refractivity contribution in [1.29, 1.82) is 0 Å². The quantitative estimate of drug-likeness (QED) is 0.885. The molecule has 0 saturated carbocycles. The van der Waals surface area contributed by atoms with Gasteiger partial charge in [0.2, 0.25) is 5.91 Å². The number of amides is 2. The zero-order valence-corrected chi connectivity index (χ0v) is 16.0. The van der Waals surface area contributed by atoms with Gasteiger partial charge >= 0.3 is 0 Å². The minimum atomic E-state index is 0.0115. The van der Waals surface area contributed by atoms with Gasteiger partial charge in [0.05, 0.1) is 12.2 Å². The summed E-state index contributed by atoms with van der Waals surface area (Å²) >= 11 is 0. The fourth-order valence-electron chi connectivity index (χ4n) is 4.31. The van der Waals surface area contributed by atoms with Crippen molar-refractivity contribution in [1.82, 2.24) is 14.8 Å². The Balaban J connectivity index is 1.36. The van der Waals surface area contributed by atoms with Gasteiger partial charge in [0.25, 0.3) is 5.91 Å². The van der Waals surface area contributed by atoms with Gasteiger partial charge in [-0.3, -0.25) is 9.59 Å². The molecule has 27 heavy (non-hydrogen) atoms. The molecule has 0 unspecified atom stereocenters. The standard InChI is InChI=1S/C21H27N3O3/c1-14-12-24(13-15(2)27-14)20(25)17-6-9-23(10-7-17)21(26)18-4-3-16-5-8-22-19(16)11-18/h3-5,8,11,14-15,17,22H,6-7,9-10,12-13H2,1-2H3/t14-,15+. The number of carbonyl (C=O) groups excluding carboxylic acids is 2. The molecule has 0 aliphatic carbocycles. The normalized spacial score (nSPS) is 24.4. The molecule has 2 fully saturated rings. The van der Waals surface area contributed by atoms with Crippen molar-refractivity contribution in [2.75, 3.05) is 26.2 Å². The average Bonchev–Trinajstić information content (AvgIpc) is 3.14. The number of fused-ring (bicyclic) bond motifs is 1. The van der Waals surface area contributed by atoms with Gasteiger partial charge < -0.3 is 19.5 Å². The molecule has 144 valence electrons. The van der Waals surface area contributed by atoms with E-state index >= 15 is 0 Å². The summed E-state index contributed by atoms with van der Waals surface area (Å²) in [5.41, 5.74) is 1.67. The number of nitrogens with zero attached hydrogens (tertiary/aromatic N) is 2. The van der Waals surface area contributed by atoms with E-state index in [-0.39, 0.29) is 29.9 Å². The number of hydrogen-bond donors (Lipinski definition) is 1. The first-order chi connectivity index (χ1) is 13.0. The molecule has 2 amide bonds. The van der Waals surface area contributed by atoms with E-state index in [4.69, 9.17) is 4.74 Å². The molecule has 2 saturated heterocycles. The largest absolute Gasteiger partial charge is 0.372 e. The summed E-state index contributed by atoms with van der Waals surface area (Å²) in [5, 5.41) is 1.10. The van der Waals surface area contributed by atoms with Crippen LogP contribution in [0, 0.1) is 5.92 Å². The van der Waals surface area contributed by atoms with Gasteiger partial charge in [0, 0.05) is 49.4 Å². The second kappa shape index (κ2) is 7.35. The van der Waals surface area contributed by atoms with Gasteiger partial charge in [0.15, 0.2) is 0 Å². The number of hydrogen-bond acceptors (Lipinski definition) is 3. The number of nitrogens with one attached hydrogen (secondary N) is 1. The lowest BCUT2D eigenvalue weighted by Crippen LogP contribution is -2.51. The van der Waals surface area contributed by atoms with Crippen LogP contribution in [0.3, 0.4) is 0 Å². The molecule has 1 aromatic heterocycles. The Kier molecular flexibility index (Phi) is 4.91. The molecular weight excluding hydrogens is 342 g/mol. The van der Waals surface area contributed by atoms with Crippen molar-refractivity contribution in [2.45, 2.75) is 38.9 Å². The maximum Gasteiger partial charge on any atom is 0.253 e. The monoisotopic (exact) mass is 369 g/mol. The van der Waals surface area contributed by atoms with Crippen molar-refractivity contribution in [3.63, 3.8) is 0 Å². The molecule has 0 radical (unpaired) electrons. The number of morpholine rings is 1. The third-order valence-corrected chi connectivity index (χ3v) is 5.66. The first kappa shape index (κ1) is 18.0. The molecule has 0 spiro atoms. The van der Waals surface area contributed by atoms with Crippen LogP contribution in [-0.4, -0.2) is 65.0 Å². The van der Waals surface area contributed by atoms with E-state index in [0.29, 0.717) is 31.7 Å². The first-order valence-corrected chi connectivity index (χ1v) is 9.82. The van der Waals surface area contributed by atoms with Crippen molar-refractivity contribution >= 4 is 22.7 Å². The smallest absolute Gasteiger partial charge is 0.253 e. The van der Waals surface area contributed by atoms with Crippen molar-refractivity contribution < 1.29 is 14.3 Å². The van der Waals surface area contributed by atoms with Crippen LogP contribution in [0.25, 0.3) is 10.9 Å². The van der Waals surface area contributed by atoms with Crippen molar-refractivity contribution in [3.05, 3.63) is 36.0 Å². The van der Waals surface area contributed by atoms with Gasteiger partial charge in [-0.2, -0.15) is 0 Å². The minimum Gasteiger partial charge on any atom is -0.372 e. The number of likely N-dealkylation sites (tertiary alicyclic amines) is 1. The molecule has 6 heteroatoms. The third kappa shape index (κ3) is 3.72. The van der Waals surface area contributed by atoms with Crippen LogP contribution in [0.5, 0.6) is 0 Å². The maximum atomic E-state index is 12.9. The zero-order chi connectivity index (χ0) is 19.0. The van der Waals surface area contributed by atoms with Gasteiger partial charge in [-0.25, -0.2) is 0 Å². The molecule has 6 nitrogen and oxygen atoms in total. The predicted octanol–water partition coefficient (Wildman–Crippen LogP) is 2.66. The highest BCUT2D eigenvalue weighted by Crippen LogP contribution is 2.24. The number of ether oxygens (including phenoxy) is 1. The highest BCUT2D eigenvalue weighted by atomic mass is 16.5. The fraction of sp³-hybridized carbons (Fsp3) is 0.524. The Labute approximate surface area is 159 Å². The minimum absolute atomic E-state index is 0.0115. The number of benzene rings is 1. The average molecular weight is 369 g/mol. The molecule has 1 aromatic carbocycles. The van der Waals surface area contributed by atoms with E-state index in [2.05, 4.69) is 4.98 Å². The SMILES string of the molecule is C[C@@H]1CN(C(=O)C2CCN(C(=O)c3ccc4cc[nH]c4c3)CC2)C[C@H](C)O1. The highest BCUT2D eigenvalue weighted by molar-refractivity contribution is 5.98. The van der Waals surface area contributed by atoms with E-state index < -0.39 is 0 Å². The van der Waals surface area contributed by atoms with E-state index in [0.717, 1.165) is 23.7 Å². The van der Waals surface area contributed by atoms with Crippen LogP contribution in [0.2, 0.25) is 0 Å². The second-order valence-electron chi connectivity index (χ2n) is 7.85. The lowest BCUT2D eigenvalue weighted by atomic mass is 9.94. The van der Waals surface area contributed by atoms with E-state index in [1.54, 1.807) is 0 Å². The molecule has 2 atom stereocenters. The Bertz CT molecular complexity index is 828. The van der Waals surface area contributed by atoms with Gasteiger partial charge in [0.1, 0.15) is 0 Å². The Hall–Kier alpha value is -2.34. The zero-order valence-electron chi connectivity index (χ0n) is 16.0. The number of piperidine rings is 1. The summed E-state index contributed by atoms with van der Waals surface area (Å²) < 4.78 is 5.73.